The van der Waals surface area contributed by atoms with Crippen LogP contribution in [0.5, 0.6) is 17.2 Å². The van der Waals surface area contributed by atoms with E-state index in [4.69, 9.17) is 24.2 Å². The topological polar surface area (TPSA) is 60.0 Å². The predicted molar refractivity (Wildman–Crippen MR) is 140 cm³/mol. The molecule has 7 heteroatoms. The second kappa shape index (κ2) is 9.80. The Morgan fingerprint density at radius 2 is 1.46 bits per heavy atom. The first-order valence-corrected chi connectivity index (χ1v) is 11.7. The number of nitrogens with zero attached hydrogens (tertiary/aromatic N) is 4. The van der Waals surface area contributed by atoms with Crippen molar-refractivity contribution in [2.45, 2.75) is 0 Å². The van der Waals surface area contributed by atoms with Gasteiger partial charge in [0.15, 0.2) is 11.5 Å². The molecule has 0 unspecified atom stereocenters. The molecule has 0 saturated carbocycles. The van der Waals surface area contributed by atoms with E-state index in [-0.39, 0.29) is 0 Å². The molecule has 7 nitrogen and oxygen atoms in total. The maximum absolute atomic E-state index is 5.53. The molecule has 35 heavy (non-hydrogen) atoms. The zero-order valence-corrected chi connectivity index (χ0v) is 20.6. The minimum Gasteiger partial charge on any atom is -0.493 e. The normalized spacial score (nSPS) is 14.2. The SMILES string of the molecule is COc1cc(-c2cnc3cccc(-c4ccc(N5CCN(C)CC5)cc4)c3n2)cc(OC)c1OC. The number of fused-ring (bicyclic) bond motifs is 1. The molecule has 0 radical (unpaired) electrons. The third-order valence-corrected chi connectivity index (χ3v) is 6.58. The molecule has 2 heterocycles. The Kier molecular flexibility index (Phi) is 6.42. The summed E-state index contributed by atoms with van der Waals surface area (Å²) in [5.41, 5.74) is 6.70. The first kappa shape index (κ1) is 22.9. The number of anilines is 1. The van der Waals surface area contributed by atoms with Crippen LogP contribution in [0.4, 0.5) is 5.69 Å². The van der Waals surface area contributed by atoms with Crippen LogP contribution in [0.3, 0.4) is 0 Å². The van der Waals surface area contributed by atoms with Gasteiger partial charge in [-0.05, 0) is 42.9 Å². The number of hydrogen-bond donors (Lipinski definition) is 0. The lowest BCUT2D eigenvalue weighted by atomic mass is 10.0. The molecule has 3 aromatic carbocycles. The van der Waals surface area contributed by atoms with Gasteiger partial charge in [0.05, 0.1) is 44.3 Å². The lowest BCUT2D eigenvalue weighted by Crippen LogP contribution is -2.44. The molecule has 5 rings (SSSR count). The highest BCUT2D eigenvalue weighted by molar-refractivity contribution is 5.92. The number of piperazine rings is 1. The first-order valence-electron chi connectivity index (χ1n) is 11.7. The van der Waals surface area contributed by atoms with Crippen molar-refractivity contribution in [3.05, 3.63) is 60.8 Å². The van der Waals surface area contributed by atoms with E-state index in [0.29, 0.717) is 17.2 Å². The van der Waals surface area contributed by atoms with Crippen molar-refractivity contribution < 1.29 is 14.2 Å². The molecule has 0 bridgehead atoms. The summed E-state index contributed by atoms with van der Waals surface area (Å²) in [7, 11) is 6.99. The van der Waals surface area contributed by atoms with Gasteiger partial charge in [0.2, 0.25) is 5.75 Å². The predicted octanol–water partition coefficient (Wildman–Crippen LogP) is 4.74. The van der Waals surface area contributed by atoms with Crippen LogP contribution in [-0.4, -0.2) is 69.4 Å². The molecule has 1 aliphatic rings. The average Bonchev–Trinajstić information content (AvgIpc) is 2.92. The zero-order valence-electron chi connectivity index (χ0n) is 20.6. The Hall–Kier alpha value is -3.84. The molecule has 180 valence electrons. The number of aromatic nitrogens is 2. The van der Waals surface area contributed by atoms with E-state index in [1.165, 1.54) is 5.69 Å². The van der Waals surface area contributed by atoms with Crippen LogP contribution >= 0.6 is 0 Å². The quantitative estimate of drug-likeness (QED) is 0.403. The van der Waals surface area contributed by atoms with E-state index in [2.05, 4.69) is 47.2 Å². The van der Waals surface area contributed by atoms with Gasteiger partial charge in [-0.3, -0.25) is 4.98 Å². The number of rotatable bonds is 6. The number of hydrogen-bond acceptors (Lipinski definition) is 7. The Labute approximate surface area is 205 Å². The smallest absolute Gasteiger partial charge is 0.203 e. The summed E-state index contributed by atoms with van der Waals surface area (Å²) in [4.78, 5) is 14.5. The van der Waals surface area contributed by atoms with Gasteiger partial charge in [0, 0.05) is 43.0 Å². The van der Waals surface area contributed by atoms with Crippen molar-refractivity contribution in [1.29, 1.82) is 0 Å². The Morgan fingerprint density at radius 3 is 2.09 bits per heavy atom. The lowest BCUT2D eigenvalue weighted by Gasteiger charge is -2.34. The Morgan fingerprint density at radius 1 is 0.771 bits per heavy atom. The van der Waals surface area contributed by atoms with E-state index >= 15 is 0 Å². The van der Waals surface area contributed by atoms with Crippen molar-refractivity contribution in [1.82, 2.24) is 14.9 Å². The Bertz CT molecular complexity index is 1310. The molecule has 0 aliphatic carbocycles. The van der Waals surface area contributed by atoms with Gasteiger partial charge in [0.1, 0.15) is 0 Å². The third kappa shape index (κ3) is 4.47. The summed E-state index contributed by atoms with van der Waals surface area (Å²) >= 11 is 0. The van der Waals surface area contributed by atoms with Crippen LogP contribution in [0, 0.1) is 0 Å². The standard InChI is InChI=1S/C28H30N4O3/c1-31-12-14-32(15-13-31)21-10-8-19(9-11-21)22-6-5-7-23-27(22)30-24(18-29-23)20-16-25(33-2)28(35-4)26(17-20)34-3/h5-11,16-18H,12-15H2,1-4H3. The highest BCUT2D eigenvalue weighted by Gasteiger charge is 2.17. The highest BCUT2D eigenvalue weighted by Crippen LogP contribution is 2.41. The summed E-state index contributed by atoms with van der Waals surface area (Å²) < 4.78 is 16.5. The fourth-order valence-electron chi connectivity index (χ4n) is 4.55. The molecular formula is C28H30N4O3. The van der Waals surface area contributed by atoms with Gasteiger partial charge in [-0.2, -0.15) is 0 Å². The number of ether oxygens (including phenoxy) is 3. The first-order chi connectivity index (χ1) is 17.1. The van der Waals surface area contributed by atoms with E-state index in [1.807, 2.05) is 24.3 Å². The van der Waals surface area contributed by atoms with E-state index in [1.54, 1.807) is 27.5 Å². The molecule has 0 N–H and O–H groups in total. The van der Waals surface area contributed by atoms with Crippen molar-refractivity contribution in [3.63, 3.8) is 0 Å². The summed E-state index contributed by atoms with van der Waals surface area (Å²) in [6.45, 7) is 4.27. The molecule has 4 aromatic rings. The van der Waals surface area contributed by atoms with Gasteiger partial charge in [-0.1, -0.05) is 24.3 Å². The van der Waals surface area contributed by atoms with Gasteiger partial charge in [-0.15, -0.1) is 0 Å². The third-order valence-electron chi connectivity index (χ3n) is 6.58. The van der Waals surface area contributed by atoms with Crippen molar-refractivity contribution in [2.24, 2.45) is 0 Å². The minimum atomic E-state index is 0.550. The van der Waals surface area contributed by atoms with Gasteiger partial charge in [0.25, 0.3) is 0 Å². The van der Waals surface area contributed by atoms with Crippen molar-refractivity contribution >= 4 is 16.7 Å². The molecule has 0 amide bonds. The van der Waals surface area contributed by atoms with E-state index < -0.39 is 0 Å². The number of para-hydroxylation sites is 1. The van der Waals surface area contributed by atoms with Crippen LogP contribution in [-0.2, 0) is 0 Å². The van der Waals surface area contributed by atoms with Gasteiger partial charge < -0.3 is 24.0 Å². The zero-order chi connectivity index (χ0) is 24.4. The lowest BCUT2D eigenvalue weighted by molar-refractivity contribution is 0.313. The summed E-state index contributed by atoms with van der Waals surface area (Å²) in [6.07, 6.45) is 1.78. The van der Waals surface area contributed by atoms with Gasteiger partial charge in [-0.25, -0.2) is 4.98 Å². The van der Waals surface area contributed by atoms with Crippen LogP contribution in [0.2, 0.25) is 0 Å². The van der Waals surface area contributed by atoms with Crippen molar-refractivity contribution in [2.75, 3.05) is 59.5 Å². The van der Waals surface area contributed by atoms with E-state index in [9.17, 15) is 0 Å². The number of benzene rings is 3. The minimum absolute atomic E-state index is 0.550. The largest absolute Gasteiger partial charge is 0.493 e. The molecule has 1 aliphatic heterocycles. The molecule has 1 fully saturated rings. The summed E-state index contributed by atoms with van der Waals surface area (Å²) in [6, 6.07) is 18.7. The van der Waals surface area contributed by atoms with Crippen LogP contribution < -0.4 is 19.1 Å². The Balaban J connectivity index is 1.53. The van der Waals surface area contributed by atoms with Crippen LogP contribution in [0.1, 0.15) is 0 Å². The highest BCUT2D eigenvalue weighted by atomic mass is 16.5. The molecular weight excluding hydrogens is 440 g/mol. The fourth-order valence-corrected chi connectivity index (χ4v) is 4.55. The van der Waals surface area contributed by atoms with Crippen LogP contribution in [0.15, 0.2) is 60.8 Å². The molecule has 0 atom stereocenters. The molecule has 0 spiro atoms. The summed E-state index contributed by atoms with van der Waals surface area (Å²) in [5.74, 6) is 1.71. The summed E-state index contributed by atoms with van der Waals surface area (Å²) in [5, 5.41) is 0. The van der Waals surface area contributed by atoms with Crippen molar-refractivity contribution in [3.8, 4) is 39.6 Å². The monoisotopic (exact) mass is 470 g/mol. The fraction of sp³-hybridized carbons (Fsp3) is 0.286. The average molecular weight is 471 g/mol. The van der Waals surface area contributed by atoms with Gasteiger partial charge >= 0.3 is 0 Å². The number of methoxy groups -OCH3 is 3. The van der Waals surface area contributed by atoms with E-state index in [0.717, 1.165) is 59.6 Å². The second-order valence-electron chi connectivity index (χ2n) is 8.68. The maximum Gasteiger partial charge on any atom is 0.203 e. The number of likely N-dealkylation sites (N-methyl/N-ethyl adjacent to an activating group) is 1. The van der Waals surface area contributed by atoms with Crippen LogP contribution in [0.25, 0.3) is 33.4 Å². The molecule has 1 aromatic heterocycles. The maximum atomic E-state index is 5.53. The second-order valence-corrected chi connectivity index (χ2v) is 8.68. The molecule has 1 saturated heterocycles.